The van der Waals surface area contributed by atoms with Crippen LogP contribution in [0.4, 0.5) is 11.4 Å². The van der Waals surface area contributed by atoms with Gasteiger partial charge in [0.15, 0.2) is 12.4 Å². The standard InChI is InChI=1S/C17H18N2O5/c1-11-4-5-12(2)14(8-11)18-17(20)10-24-16-7-6-13(23-3)9-15(16)19(21)22/h4-9H,10H2,1-3H3,(H,18,20). The van der Waals surface area contributed by atoms with Crippen LogP contribution in [0, 0.1) is 24.0 Å². The fourth-order valence-corrected chi connectivity index (χ4v) is 2.09. The number of ether oxygens (including phenoxy) is 2. The number of nitro benzene ring substituents is 1. The molecule has 2 aromatic rings. The molecular formula is C17H18N2O5. The van der Waals surface area contributed by atoms with Gasteiger partial charge in [0.1, 0.15) is 5.75 Å². The molecule has 0 aliphatic heterocycles. The van der Waals surface area contributed by atoms with Crippen LogP contribution in [-0.4, -0.2) is 24.5 Å². The Morgan fingerprint density at radius 3 is 2.62 bits per heavy atom. The van der Waals surface area contributed by atoms with Crippen LogP contribution in [0.2, 0.25) is 0 Å². The highest BCUT2D eigenvalue weighted by Crippen LogP contribution is 2.31. The average Bonchev–Trinajstić information content (AvgIpc) is 2.56. The van der Waals surface area contributed by atoms with E-state index < -0.39 is 10.8 Å². The summed E-state index contributed by atoms with van der Waals surface area (Å²) in [6.07, 6.45) is 0. The molecule has 0 heterocycles. The van der Waals surface area contributed by atoms with Crippen molar-refractivity contribution in [1.29, 1.82) is 0 Å². The van der Waals surface area contributed by atoms with E-state index in [0.717, 1.165) is 11.1 Å². The molecule has 0 bridgehead atoms. The van der Waals surface area contributed by atoms with Gasteiger partial charge in [0.2, 0.25) is 0 Å². The van der Waals surface area contributed by atoms with Gasteiger partial charge in [0.05, 0.1) is 18.1 Å². The molecule has 2 rings (SSSR count). The molecule has 0 unspecified atom stereocenters. The van der Waals surface area contributed by atoms with Crippen molar-refractivity contribution in [2.45, 2.75) is 13.8 Å². The maximum atomic E-state index is 12.0. The highest BCUT2D eigenvalue weighted by Gasteiger charge is 2.17. The number of benzene rings is 2. The molecule has 0 atom stereocenters. The quantitative estimate of drug-likeness (QED) is 0.648. The van der Waals surface area contributed by atoms with Crippen molar-refractivity contribution in [2.24, 2.45) is 0 Å². The van der Waals surface area contributed by atoms with E-state index in [-0.39, 0.29) is 18.0 Å². The summed E-state index contributed by atoms with van der Waals surface area (Å²) in [7, 11) is 1.41. The molecule has 0 saturated heterocycles. The molecular weight excluding hydrogens is 312 g/mol. The normalized spacial score (nSPS) is 10.1. The number of aryl methyl sites for hydroxylation is 2. The molecule has 0 aliphatic carbocycles. The van der Waals surface area contributed by atoms with Crippen LogP contribution in [0.3, 0.4) is 0 Å². The maximum Gasteiger partial charge on any atom is 0.314 e. The van der Waals surface area contributed by atoms with Gasteiger partial charge >= 0.3 is 5.69 Å². The van der Waals surface area contributed by atoms with Crippen LogP contribution >= 0.6 is 0 Å². The van der Waals surface area contributed by atoms with Gasteiger partial charge in [-0.3, -0.25) is 14.9 Å². The van der Waals surface area contributed by atoms with Crippen molar-refractivity contribution in [3.63, 3.8) is 0 Å². The first-order valence-electron chi connectivity index (χ1n) is 7.23. The number of carbonyl (C=O) groups is 1. The Labute approximate surface area is 139 Å². The molecule has 0 fully saturated rings. The van der Waals surface area contributed by atoms with Gasteiger partial charge in [-0.2, -0.15) is 0 Å². The van der Waals surface area contributed by atoms with Gasteiger partial charge in [-0.25, -0.2) is 0 Å². The van der Waals surface area contributed by atoms with Crippen molar-refractivity contribution in [2.75, 3.05) is 19.0 Å². The zero-order chi connectivity index (χ0) is 17.7. The van der Waals surface area contributed by atoms with Crippen LogP contribution in [0.1, 0.15) is 11.1 Å². The van der Waals surface area contributed by atoms with E-state index in [1.807, 2.05) is 32.0 Å². The second kappa shape index (κ2) is 7.45. The van der Waals surface area contributed by atoms with E-state index in [1.165, 1.54) is 25.3 Å². The molecule has 0 aliphatic rings. The summed E-state index contributed by atoms with van der Waals surface area (Å²) in [5.41, 5.74) is 2.37. The van der Waals surface area contributed by atoms with Gasteiger partial charge < -0.3 is 14.8 Å². The molecule has 7 nitrogen and oxygen atoms in total. The fourth-order valence-electron chi connectivity index (χ4n) is 2.09. The first kappa shape index (κ1) is 17.3. The van der Waals surface area contributed by atoms with E-state index in [4.69, 9.17) is 9.47 Å². The minimum absolute atomic E-state index is 0.0110. The second-order valence-corrected chi connectivity index (χ2v) is 5.25. The van der Waals surface area contributed by atoms with Crippen LogP contribution in [0.5, 0.6) is 11.5 Å². The number of anilines is 1. The third-order valence-electron chi connectivity index (χ3n) is 3.39. The molecule has 1 N–H and O–H groups in total. The Morgan fingerprint density at radius 1 is 1.21 bits per heavy atom. The maximum absolute atomic E-state index is 12.0. The number of amides is 1. The predicted molar refractivity (Wildman–Crippen MR) is 89.7 cm³/mol. The van der Waals surface area contributed by atoms with Gasteiger partial charge in [-0.05, 0) is 43.2 Å². The van der Waals surface area contributed by atoms with Crippen molar-refractivity contribution >= 4 is 17.3 Å². The van der Waals surface area contributed by atoms with Crippen LogP contribution in [0.25, 0.3) is 0 Å². The average molecular weight is 330 g/mol. The fraction of sp³-hybridized carbons (Fsp3) is 0.235. The number of hydrogen-bond acceptors (Lipinski definition) is 5. The van der Waals surface area contributed by atoms with Crippen LogP contribution < -0.4 is 14.8 Å². The summed E-state index contributed by atoms with van der Waals surface area (Å²) < 4.78 is 10.2. The molecule has 0 aromatic heterocycles. The Kier molecular flexibility index (Phi) is 5.36. The highest BCUT2D eigenvalue weighted by atomic mass is 16.6. The van der Waals surface area contributed by atoms with Crippen molar-refractivity contribution in [3.8, 4) is 11.5 Å². The monoisotopic (exact) mass is 330 g/mol. The Bertz CT molecular complexity index is 774. The summed E-state index contributed by atoms with van der Waals surface area (Å²) in [5.74, 6) is -0.0420. The Hall–Kier alpha value is -3.09. The lowest BCUT2D eigenvalue weighted by molar-refractivity contribution is -0.385. The van der Waals surface area contributed by atoms with Crippen LogP contribution in [0.15, 0.2) is 36.4 Å². The van der Waals surface area contributed by atoms with Crippen LogP contribution in [-0.2, 0) is 4.79 Å². The lowest BCUT2D eigenvalue weighted by atomic mass is 10.1. The van der Waals surface area contributed by atoms with Gasteiger partial charge in [-0.15, -0.1) is 0 Å². The number of nitro groups is 1. The lowest BCUT2D eigenvalue weighted by Gasteiger charge is -2.11. The third-order valence-corrected chi connectivity index (χ3v) is 3.39. The number of methoxy groups -OCH3 is 1. The van der Waals surface area contributed by atoms with E-state index in [2.05, 4.69) is 5.32 Å². The predicted octanol–water partition coefficient (Wildman–Crippen LogP) is 3.24. The first-order chi connectivity index (χ1) is 11.4. The summed E-state index contributed by atoms with van der Waals surface area (Å²) in [6, 6.07) is 9.89. The molecule has 0 spiro atoms. The number of rotatable bonds is 6. The van der Waals surface area contributed by atoms with Gasteiger partial charge in [0, 0.05) is 5.69 Å². The number of nitrogens with zero attached hydrogens (tertiary/aromatic N) is 1. The van der Waals surface area contributed by atoms with E-state index in [0.29, 0.717) is 11.4 Å². The molecule has 0 saturated carbocycles. The first-order valence-corrected chi connectivity index (χ1v) is 7.23. The second-order valence-electron chi connectivity index (χ2n) is 5.25. The number of hydrogen-bond donors (Lipinski definition) is 1. The highest BCUT2D eigenvalue weighted by molar-refractivity contribution is 5.92. The van der Waals surface area contributed by atoms with Crippen molar-refractivity contribution in [3.05, 3.63) is 57.6 Å². The molecule has 126 valence electrons. The van der Waals surface area contributed by atoms with Gasteiger partial charge in [0.25, 0.3) is 5.91 Å². The summed E-state index contributed by atoms with van der Waals surface area (Å²) in [6.45, 7) is 3.47. The number of carbonyl (C=O) groups excluding carboxylic acids is 1. The summed E-state index contributed by atoms with van der Waals surface area (Å²) in [5, 5.41) is 13.8. The topological polar surface area (TPSA) is 90.7 Å². The SMILES string of the molecule is COc1ccc(OCC(=O)Nc2cc(C)ccc2C)c([N+](=O)[O-])c1. The molecule has 2 aromatic carbocycles. The third kappa shape index (κ3) is 4.22. The van der Waals surface area contributed by atoms with E-state index >= 15 is 0 Å². The van der Waals surface area contributed by atoms with E-state index in [1.54, 1.807) is 0 Å². The Balaban J connectivity index is 2.06. The lowest BCUT2D eigenvalue weighted by Crippen LogP contribution is -2.21. The van der Waals surface area contributed by atoms with Crippen molar-refractivity contribution < 1.29 is 19.2 Å². The summed E-state index contributed by atoms with van der Waals surface area (Å²) >= 11 is 0. The zero-order valence-corrected chi connectivity index (χ0v) is 13.7. The molecule has 1 amide bonds. The molecule has 7 heteroatoms. The zero-order valence-electron chi connectivity index (χ0n) is 13.7. The number of nitrogens with one attached hydrogen (secondary N) is 1. The molecule has 24 heavy (non-hydrogen) atoms. The minimum Gasteiger partial charge on any atom is -0.496 e. The molecule has 0 radical (unpaired) electrons. The largest absolute Gasteiger partial charge is 0.496 e. The Morgan fingerprint density at radius 2 is 1.96 bits per heavy atom. The van der Waals surface area contributed by atoms with E-state index in [9.17, 15) is 14.9 Å². The smallest absolute Gasteiger partial charge is 0.314 e. The van der Waals surface area contributed by atoms with Gasteiger partial charge in [-0.1, -0.05) is 12.1 Å². The summed E-state index contributed by atoms with van der Waals surface area (Å²) in [4.78, 5) is 22.5. The minimum atomic E-state index is -0.583. The van der Waals surface area contributed by atoms with Crippen molar-refractivity contribution in [1.82, 2.24) is 0 Å².